The topological polar surface area (TPSA) is 43.8 Å². The number of piperazine rings is 1. The molecule has 1 aliphatic rings. The molecule has 0 aromatic carbocycles. The Labute approximate surface area is 124 Å². The van der Waals surface area contributed by atoms with E-state index in [-0.39, 0.29) is 12.5 Å². The lowest BCUT2D eigenvalue weighted by Gasteiger charge is -2.33. The summed E-state index contributed by atoms with van der Waals surface area (Å²) in [6.45, 7) is 6.70. The first-order valence-corrected chi connectivity index (χ1v) is 7.83. The predicted molar refractivity (Wildman–Crippen MR) is 80.9 cm³/mol. The van der Waals surface area contributed by atoms with Crippen molar-refractivity contribution in [3.05, 3.63) is 21.9 Å². The SMILES string of the molecule is CCN1CCN(C(=O)c2sccc2C#CCCO)CC1. The van der Waals surface area contributed by atoms with Crippen molar-refractivity contribution in [2.45, 2.75) is 13.3 Å². The van der Waals surface area contributed by atoms with E-state index < -0.39 is 0 Å². The molecule has 108 valence electrons. The molecule has 1 fully saturated rings. The first-order valence-electron chi connectivity index (χ1n) is 6.95. The van der Waals surface area contributed by atoms with E-state index in [1.54, 1.807) is 0 Å². The summed E-state index contributed by atoms with van der Waals surface area (Å²) in [6.07, 6.45) is 0.443. The standard InChI is InChI=1S/C15H20N2O2S/c1-2-16-7-9-17(10-8-16)15(19)14-13(6-12-20-14)5-3-4-11-18/h6,12,18H,2,4,7-11H2,1H3. The molecule has 0 atom stereocenters. The fourth-order valence-electron chi connectivity index (χ4n) is 2.20. The molecular weight excluding hydrogens is 272 g/mol. The third-order valence-electron chi connectivity index (χ3n) is 3.43. The number of thiophene rings is 1. The number of likely N-dealkylation sites (N-methyl/N-ethyl adjacent to an activating group) is 1. The maximum atomic E-state index is 12.5. The van der Waals surface area contributed by atoms with Crippen molar-refractivity contribution in [3.8, 4) is 11.8 Å². The number of aliphatic hydroxyl groups is 1. The van der Waals surface area contributed by atoms with Crippen LogP contribution >= 0.6 is 11.3 Å². The maximum absolute atomic E-state index is 12.5. The second-order valence-electron chi connectivity index (χ2n) is 4.67. The molecule has 2 rings (SSSR count). The Bertz CT molecular complexity index is 507. The van der Waals surface area contributed by atoms with Gasteiger partial charge in [0.25, 0.3) is 5.91 Å². The summed E-state index contributed by atoms with van der Waals surface area (Å²) < 4.78 is 0. The zero-order valence-electron chi connectivity index (χ0n) is 11.8. The number of carbonyl (C=O) groups is 1. The third kappa shape index (κ3) is 3.60. The quantitative estimate of drug-likeness (QED) is 0.853. The van der Waals surface area contributed by atoms with Gasteiger partial charge in [0.15, 0.2) is 0 Å². The van der Waals surface area contributed by atoms with Gasteiger partial charge in [-0.15, -0.1) is 11.3 Å². The summed E-state index contributed by atoms with van der Waals surface area (Å²) in [4.78, 5) is 17.5. The van der Waals surface area contributed by atoms with Crippen molar-refractivity contribution in [2.75, 3.05) is 39.3 Å². The molecule has 5 heteroatoms. The molecule has 1 aromatic heterocycles. The highest BCUT2D eigenvalue weighted by Gasteiger charge is 2.23. The second kappa shape index (κ2) is 7.44. The van der Waals surface area contributed by atoms with E-state index in [1.807, 2.05) is 16.3 Å². The lowest BCUT2D eigenvalue weighted by Crippen LogP contribution is -2.48. The number of amides is 1. The van der Waals surface area contributed by atoms with E-state index >= 15 is 0 Å². The number of aliphatic hydroxyl groups excluding tert-OH is 1. The highest BCUT2D eigenvalue weighted by atomic mass is 32.1. The third-order valence-corrected chi connectivity index (χ3v) is 4.33. The Kier molecular flexibility index (Phi) is 5.60. The van der Waals surface area contributed by atoms with Crippen LogP contribution in [0.25, 0.3) is 0 Å². The average Bonchev–Trinajstić information content (AvgIpc) is 2.95. The van der Waals surface area contributed by atoms with Crippen LogP contribution in [0.3, 0.4) is 0 Å². The Morgan fingerprint density at radius 3 is 2.80 bits per heavy atom. The molecule has 1 N–H and O–H groups in total. The first-order chi connectivity index (χ1) is 9.76. The van der Waals surface area contributed by atoms with Crippen LogP contribution in [-0.4, -0.2) is 60.1 Å². The Morgan fingerprint density at radius 1 is 1.40 bits per heavy atom. The van der Waals surface area contributed by atoms with Crippen LogP contribution in [0.1, 0.15) is 28.6 Å². The average molecular weight is 292 g/mol. The van der Waals surface area contributed by atoms with Gasteiger partial charge in [-0.05, 0) is 18.0 Å². The number of hydrogen-bond acceptors (Lipinski definition) is 4. The van der Waals surface area contributed by atoms with E-state index in [0.29, 0.717) is 6.42 Å². The van der Waals surface area contributed by atoms with Gasteiger partial charge in [0.2, 0.25) is 0 Å². The first kappa shape index (κ1) is 15.0. The minimum atomic E-state index is 0.0550. The van der Waals surface area contributed by atoms with Crippen LogP contribution in [-0.2, 0) is 0 Å². The van der Waals surface area contributed by atoms with Gasteiger partial charge in [-0.2, -0.15) is 0 Å². The normalized spacial score (nSPS) is 15.8. The highest BCUT2D eigenvalue weighted by Crippen LogP contribution is 2.19. The van der Waals surface area contributed by atoms with Crippen LogP contribution in [0.15, 0.2) is 11.4 Å². The van der Waals surface area contributed by atoms with Crippen molar-refractivity contribution >= 4 is 17.2 Å². The summed E-state index contributed by atoms with van der Waals surface area (Å²) in [6, 6.07) is 1.88. The van der Waals surface area contributed by atoms with Gasteiger partial charge in [-0.3, -0.25) is 4.79 Å². The van der Waals surface area contributed by atoms with E-state index in [1.165, 1.54) is 11.3 Å². The van der Waals surface area contributed by atoms with Crippen molar-refractivity contribution in [3.63, 3.8) is 0 Å². The molecule has 4 nitrogen and oxygen atoms in total. The summed E-state index contributed by atoms with van der Waals surface area (Å²) in [5.74, 6) is 5.94. The summed E-state index contributed by atoms with van der Waals surface area (Å²) in [7, 11) is 0. The number of nitrogens with zero attached hydrogens (tertiary/aromatic N) is 2. The molecule has 1 amide bonds. The van der Waals surface area contributed by atoms with E-state index in [9.17, 15) is 4.79 Å². The Morgan fingerprint density at radius 2 is 2.15 bits per heavy atom. The predicted octanol–water partition coefficient (Wildman–Crippen LogP) is 1.26. The Balaban J connectivity index is 2.03. The number of carbonyl (C=O) groups excluding carboxylic acids is 1. The smallest absolute Gasteiger partial charge is 0.265 e. The molecular formula is C15H20N2O2S. The van der Waals surface area contributed by atoms with Crippen molar-refractivity contribution in [1.82, 2.24) is 9.80 Å². The van der Waals surface area contributed by atoms with Crippen molar-refractivity contribution in [1.29, 1.82) is 0 Å². The summed E-state index contributed by atoms with van der Waals surface area (Å²) >= 11 is 1.45. The maximum Gasteiger partial charge on any atom is 0.265 e. The lowest BCUT2D eigenvalue weighted by atomic mass is 10.2. The van der Waals surface area contributed by atoms with Gasteiger partial charge in [0, 0.05) is 38.2 Å². The monoisotopic (exact) mass is 292 g/mol. The van der Waals surface area contributed by atoms with Crippen LogP contribution < -0.4 is 0 Å². The van der Waals surface area contributed by atoms with Gasteiger partial charge in [0.05, 0.1) is 6.61 Å². The van der Waals surface area contributed by atoms with E-state index in [0.717, 1.165) is 43.2 Å². The Hall–Kier alpha value is -1.35. The van der Waals surface area contributed by atoms with Gasteiger partial charge in [-0.1, -0.05) is 18.8 Å². The molecule has 0 bridgehead atoms. The van der Waals surface area contributed by atoms with E-state index in [2.05, 4.69) is 23.7 Å². The van der Waals surface area contributed by atoms with Crippen LogP contribution in [0.4, 0.5) is 0 Å². The summed E-state index contributed by atoms with van der Waals surface area (Å²) in [5, 5.41) is 10.6. The minimum Gasteiger partial charge on any atom is -0.395 e. The van der Waals surface area contributed by atoms with Crippen LogP contribution in [0.2, 0.25) is 0 Å². The second-order valence-corrected chi connectivity index (χ2v) is 5.58. The number of hydrogen-bond donors (Lipinski definition) is 1. The van der Waals surface area contributed by atoms with Gasteiger partial charge in [-0.25, -0.2) is 0 Å². The zero-order valence-corrected chi connectivity index (χ0v) is 12.6. The summed E-state index contributed by atoms with van der Waals surface area (Å²) in [5.41, 5.74) is 0.784. The highest BCUT2D eigenvalue weighted by molar-refractivity contribution is 7.12. The fraction of sp³-hybridized carbons (Fsp3) is 0.533. The van der Waals surface area contributed by atoms with Gasteiger partial charge < -0.3 is 14.9 Å². The lowest BCUT2D eigenvalue weighted by molar-refractivity contribution is 0.0648. The molecule has 0 aliphatic carbocycles. The minimum absolute atomic E-state index is 0.0550. The zero-order chi connectivity index (χ0) is 14.4. The largest absolute Gasteiger partial charge is 0.395 e. The van der Waals surface area contributed by atoms with Crippen molar-refractivity contribution in [2.24, 2.45) is 0 Å². The molecule has 20 heavy (non-hydrogen) atoms. The molecule has 2 heterocycles. The van der Waals surface area contributed by atoms with Crippen LogP contribution in [0, 0.1) is 11.8 Å². The van der Waals surface area contributed by atoms with Gasteiger partial charge >= 0.3 is 0 Å². The molecule has 0 saturated carbocycles. The fourth-order valence-corrected chi connectivity index (χ4v) is 3.01. The van der Waals surface area contributed by atoms with Gasteiger partial charge in [0.1, 0.15) is 4.88 Å². The molecule has 0 unspecified atom stereocenters. The molecule has 0 radical (unpaired) electrons. The molecule has 1 saturated heterocycles. The van der Waals surface area contributed by atoms with E-state index in [4.69, 9.17) is 5.11 Å². The molecule has 0 spiro atoms. The molecule has 1 aliphatic heterocycles. The molecule has 1 aromatic rings. The van der Waals surface area contributed by atoms with Crippen molar-refractivity contribution < 1.29 is 9.90 Å². The van der Waals surface area contributed by atoms with Crippen LogP contribution in [0.5, 0.6) is 0 Å². The number of rotatable bonds is 3.